The molecule has 0 bridgehead atoms. The van der Waals surface area contributed by atoms with Gasteiger partial charge >= 0.3 is 0 Å². The predicted octanol–water partition coefficient (Wildman–Crippen LogP) is 8.54. The second-order valence-corrected chi connectivity index (χ2v) is 9.39. The Morgan fingerprint density at radius 3 is 1.83 bits per heavy atom. The smallest absolute Gasteiger partial charge is 0.271 e. The van der Waals surface area contributed by atoms with Crippen molar-refractivity contribution >= 4 is 0 Å². The summed E-state index contributed by atoms with van der Waals surface area (Å²) in [6, 6.07) is 0. The van der Waals surface area contributed by atoms with Crippen LogP contribution in [0.3, 0.4) is 0 Å². The molecule has 1 aromatic carbocycles. The van der Waals surface area contributed by atoms with Crippen molar-refractivity contribution in [1.82, 2.24) is 0 Å². The van der Waals surface area contributed by atoms with Gasteiger partial charge in [0, 0.05) is 18.8 Å². The SMILES string of the molecule is CCCCCCCCCC(OC(OCC)OCC)C1CCCC(c2c(F)c(F)c(F)c(F)c2F)C1. The molecule has 1 fully saturated rings. The molecule has 3 atom stereocenters. The van der Waals surface area contributed by atoms with Crippen LogP contribution >= 0.6 is 0 Å². The van der Waals surface area contributed by atoms with Crippen LogP contribution in [-0.2, 0) is 14.2 Å². The van der Waals surface area contributed by atoms with Crippen molar-refractivity contribution in [3.05, 3.63) is 34.6 Å². The summed E-state index contributed by atoms with van der Waals surface area (Å²) in [5.74, 6) is -10.2. The van der Waals surface area contributed by atoms with E-state index in [9.17, 15) is 22.0 Å². The molecule has 0 saturated heterocycles. The number of halogens is 5. The lowest BCUT2D eigenvalue weighted by atomic mass is 9.74. The molecule has 0 aromatic heterocycles. The molecule has 1 saturated carbocycles. The molecule has 35 heavy (non-hydrogen) atoms. The molecule has 2 rings (SSSR count). The summed E-state index contributed by atoms with van der Waals surface area (Å²) in [4.78, 5) is 0. The zero-order valence-electron chi connectivity index (χ0n) is 21.3. The van der Waals surface area contributed by atoms with Gasteiger partial charge in [0.15, 0.2) is 23.3 Å². The van der Waals surface area contributed by atoms with Crippen molar-refractivity contribution in [2.75, 3.05) is 13.2 Å². The summed E-state index contributed by atoms with van der Waals surface area (Å²) in [5, 5.41) is 0. The van der Waals surface area contributed by atoms with Crippen LogP contribution in [0.2, 0.25) is 0 Å². The van der Waals surface area contributed by atoms with Crippen LogP contribution in [0.15, 0.2) is 0 Å². The number of hydrogen-bond donors (Lipinski definition) is 0. The van der Waals surface area contributed by atoms with E-state index in [1.807, 2.05) is 13.8 Å². The van der Waals surface area contributed by atoms with E-state index in [1.165, 1.54) is 25.7 Å². The van der Waals surface area contributed by atoms with Crippen LogP contribution < -0.4 is 0 Å². The summed E-state index contributed by atoms with van der Waals surface area (Å²) >= 11 is 0. The second kappa shape index (κ2) is 15.8. The first kappa shape index (κ1) is 30.0. The minimum atomic E-state index is -2.12. The van der Waals surface area contributed by atoms with Crippen molar-refractivity contribution in [2.24, 2.45) is 5.92 Å². The van der Waals surface area contributed by atoms with Crippen molar-refractivity contribution in [1.29, 1.82) is 0 Å². The van der Waals surface area contributed by atoms with Crippen molar-refractivity contribution in [2.45, 2.75) is 116 Å². The second-order valence-electron chi connectivity index (χ2n) is 9.39. The number of benzene rings is 1. The maximum Gasteiger partial charge on any atom is 0.271 e. The van der Waals surface area contributed by atoms with E-state index in [0.717, 1.165) is 32.1 Å². The predicted molar refractivity (Wildman–Crippen MR) is 125 cm³/mol. The van der Waals surface area contributed by atoms with Crippen LogP contribution in [0.1, 0.15) is 109 Å². The first-order valence-electron chi connectivity index (χ1n) is 13.2. The highest BCUT2D eigenvalue weighted by Gasteiger charge is 2.36. The van der Waals surface area contributed by atoms with E-state index in [0.29, 0.717) is 26.1 Å². The molecular formula is C27H41F5O3. The highest BCUT2D eigenvalue weighted by atomic mass is 19.2. The molecule has 8 heteroatoms. The minimum absolute atomic E-state index is 0.104. The Morgan fingerprint density at radius 2 is 1.26 bits per heavy atom. The maximum absolute atomic E-state index is 14.5. The fourth-order valence-corrected chi connectivity index (χ4v) is 5.07. The standard InChI is InChI=1S/C27H41F5O3/c1-4-7-8-9-10-11-12-16-20(35-27(33-5-2)34-6-3)18-14-13-15-19(17-18)21-22(28)24(30)26(32)25(31)23(21)29/h18-20,27H,4-17H2,1-3H3. The highest BCUT2D eigenvalue weighted by Crippen LogP contribution is 2.42. The van der Waals surface area contributed by atoms with Gasteiger partial charge in [-0.2, -0.15) is 0 Å². The Kier molecular flexibility index (Phi) is 13.5. The van der Waals surface area contributed by atoms with Crippen molar-refractivity contribution < 1.29 is 36.2 Å². The first-order chi connectivity index (χ1) is 16.8. The van der Waals surface area contributed by atoms with Crippen molar-refractivity contribution in [3.63, 3.8) is 0 Å². The van der Waals surface area contributed by atoms with Gasteiger partial charge in [-0.15, -0.1) is 0 Å². The molecule has 0 aliphatic heterocycles. The van der Waals surface area contributed by atoms with Gasteiger partial charge in [-0.05, 0) is 51.4 Å². The highest BCUT2D eigenvalue weighted by molar-refractivity contribution is 5.28. The third-order valence-corrected chi connectivity index (χ3v) is 6.88. The minimum Gasteiger partial charge on any atom is -0.330 e. The van der Waals surface area contributed by atoms with Gasteiger partial charge in [0.05, 0.1) is 6.10 Å². The Labute approximate surface area is 206 Å². The molecule has 0 N–H and O–H groups in total. The van der Waals surface area contributed by atoms with Crippen molar-refractivity contribution in [3.8, 4) is 0 Å². The topological polar surface area (TPSA) is 27.7 Å². The lowest BCUT2D eigenvalue weighted by molar-refractivity contribution is -0.309. The average molecular weight is 509 g/mol. The van der Waals surface area contributed by atoms with Crippen LogP contribution in [-0.4, -0.2) is 25.8 Å². The fourth-order valence-electron chi connectivity index (χ4n) is 5.07. The Hall–Kier alpha value is -1.25. The normalized spacial score (nSPS) is 19.5. The van der Waals surface area contributed by atoms with Gasteiger partial charge in [0.2, 0.25) is 5.82 Å². The van der Waals surface area contributed by atoms with E-state index < -0.39 is 47.0 Å². The average Bonchev–Trinajstić information content (AvgIpc) is 2.85. The van der Waals surface area contributed by atoms with E-state index in [-0.39, 0.29) is 18.4 Å². The number of ether oxygens (including phenoxy) is 3. The van der Waals surface area contributed by atoms with Gasteiger partial charge < -0.3 is 14.2 Å². The van der Waals surface area contributed by atoms with Crippen LogP contribution in [0.5, 0.6) is 0 Å². The molecule has 3 nitrogen and oxygen atoms in total. The number of unbranched alkanes of at least 4 members (excludes halogenated alkanes) is 6. The number of hydrogen-bond acceptors (Lipinski definition) is 3. The summed E-state index contributed by atoms with van der Waals surface area (Å²) in [5.41, 5.74) is -0.702. The van der Waals surface area contributed by atoms with Gasteiger partial charge in [-0.3, -0.25) is 0 Å². The van der Waals surface area contributed by atoms with Crippen LogP contribution in [0.4, 0.5) is 22.0 Å². The Bertz CT molecular complexity index is 726. The maximum atomic E-state index is 14.5. The third-order valence-electron chi connectivity index (χ3n) is 6.88. The lowest BCUT2D eigenvalue weighted by Crippen LogP contribution is -2.35. The molecule has 0 amide bonds. The zero-order valence-corrected chi connectivity index (χ0v) is 21.3. The van der Waals surface area contributed by atoms with Gasteiger partial charge in [-0.1, -0.05) is 58.3 Å². The summed E-state index contributed by atoms with van der Waals surface area (Å²) in [7, 11) is 0. The summed E-state index contributed by atoms with van der Waals surface area (Å²) in [6.45, 7) is 5.79. The monoisotopic (exact) mass is 508 g/mol. The molecular weight excluding hydrogens is 467 g/mol. The van der Waals surface area contributed by atoms with E-state index in [1.54, 1.807) is 0 Å². The summed E-state index contributed by atoms with van der Waals surface area (Å²) < 4.78 is 87.6. The molecule has 1 aromatic rings. The molecule has 3 unspecified atom stereocenters. The van der Waals surface area contributed by atoms with Gasteiger partial charge in [0.25, 0.3) is 6.48 Å². The fraction of sp³-hybridized carbons (Fsp3) is 0.778. The Morgan fingerprint density at radius 1 is 0.714 bits per heavy atom. The zero-order chi connectivity index (χ0) is 25.8. The number of rotatable bonds is 16. The van der Waals surface area contributed by atoms with E-state index >= 15 is 0 Å². The van der Waals surface area contributed by atoms with Gasteiger partial charge in [0.1, 0.15) is 0 Å². The molecule has 202 valence electrons. The molecule has 1 aliphatic carbocycles. The molecule has 0 radical (unpaired) electrons. The first-order valence-corrected chi connectivity index (χ1v) is 13.2. The molecule has 0 heterocycles. The quantitative estimate of drug-likeness (QED) is 0.0736. The van der Waals surface area contributed by atoms with E-state index in [2.05, 4.69) is 6.92 Å². The van der Waals surface area contributed by atoms with Crippen LogP contribution in [0, 0.1) is 35.0 Å². The molecule has 0 spiro atoms. The van der Waals surface area contributed by atoms with Crippen LogP contribution in [0.25, 0.3) is 0 Å². The largest absolute Gasteiger partial charge is 0.330 e. The van der Waals surface area contributed by atoms with Gasteiger partial charge in [-0.25, -0.2) is 22.0 Å². The lowest BCUT2D eigenvalue weighted by Gasteiger charge is -2.36. The third kappa shape index (κ3) is 8.67. The van der Waals surface area contributed by atoms with E-state index in [4.69, 9.17) is 14.2 Å². The Balaban J connectivity index is 2.14. The molecule has 1 aliphatic rings. The summed E-state index contributed by atoms with van der Waals surface area (Å²) in [6.07, 6.45) is 10.4.